The Kier molecular flexibility index (Phi) is 6.37. The molecule has 0 radical (unpaired) electrons. The minimum absolute atomic E-state index is 0.293. The number of amides is 1. The third kappa shape index (κ3) is 4.58. The number of hydrogen-bond donors (Lipinski definition) is 1. The van der Waals surface area contributed by atoms with Gasteiger partial charge in [0.25, 0.3) is 5.91 Å². The molecular weight excluding hydrogens is 328 g/mol. The van der Waals surface area contributed by atoms with E-state index in [1.165, 1.54) is 19.5 Å². The Hall–Kier alpha value is -2.34. The Morgan fingerprint density at radius 3 is 2.62 bits per heavy atom. The summed E-state index contributed by atoms with van der Waals surface area (Å²) in [4.78, 5) is 22.7. The third-order valence-corrected chi connectivity index (χ3v) is 3.79. The second kappa shape index (κ2) is 8.49. The predicted molar refractivity (Wildman–Crippen MR) is 96.2 cm³/mol. The van der Waals surface area contributed by atoms with Crippen LogP contribution in [0.15, 0.2) is 30.6 Å². The summed E-state index contributed by atoms with van der Waals surface area (Å²) in [7, 11) is 3.47. The maximum absolute atomic E-state index is 12.3. The number of nitrogens with zero attached hydrogens (tertiary/aromatic N) is 3. The van der Waals surface area contributed by atoms with Gasteiger partial charge in [-0.15, -0.1) is 0 Å². The number of nitrogens with one attached hydrogen (secondary N) is 1. The van der Waals surface area contributed by atoms with Gasteiger partial charge in [-0.2, -0.15) is 0 Å². The van der Waals surface area contributed by atoms with Crippen LogP contribution >= 0.6 is 11.6 Å². The SMILES string of the molecule is CCCCN(C)c1ncc(C(=O)Nc2ccc(OC)c(Cl)c2)cn1. The molecule has 1 N–H and O–H groups in total. The van der Waals surface area contributed by atoms with Crippen LogP contribution in [-0.2, 0) is 0 Å². The average Bonchev–Trinajstić information content (AvgIpc) is 2.60. The van der Waals surface area contributed by atoms with Gasteiger partial charge >= 0.3 is 0 Å². The van der Waals surface area contributed by atoms with Gasteiger partial charge in [-0.1, -0.05) is 24.9 Å². The van der Waals surface area contributed by atoms with Crippen LogP contribution in [-0.4, -0.2) is 36.6 Å². The van der Waals surface area contributed by atoms with Gasteiger partial charge in [-0.25, -0.2) is 9.97 Å². The first-order valence-electron chi connectivity index (χ1n) is 7.73. The summed E-state index contributed by atoms with van der Waals surface area (Å²) < 4.78 is 5.08. The predicted octanol–water partition coefficient (Wildman–Crippen LogP) is 3.63. The Morgan fingerprint density at radius 1 is 1.33 bits per heavy atom. The van der Waals surface area contributed by atoms with Crippen molar-refractivity contribution in [2.75, 3.05) is 30.9 Å². The number of ether oxygens (including phenoxy) is 1. The van der Waals surface area contributed by atoms with Crippen molar-refractivity contribution >= 4 is 29.1 Å². The number of aromatic nitrogens is 2. The van der Waals surface area contributed by atoms with E-state index in [9.17, 15) is 4.79 Å². The molecule has 0 saturated heterocycles. The van der Waals surface area contributed by atoms with Crippen molar-refractivity contribution in [1.29, 1.82) is 0 Å². The molecule has 128 valence electrons. The number of unbranched alkanes of at least 4 members (excludes halogenated alkanes) is 1. The van der Waals surface area contributed by atoms with Crippen LogP contribution < -0.4 is 15.0 Å². The van der Waals surface area contributed by atoms with Crippen LogP contribution in [0, 0.1) is 0 Å². The van der Waals surface area contributed by atoms with Gasteiger partial charge in [0.15, 0.2) is 0 Å². The standard InChI is InChI=1S/C17H21ClN4O2/c1-4-5-8-22(2)17-19-10-12(11-20-17)16(23)21-13-6-7-15(24-3)14(18)9-13/h6-7,9-11H,4-5,8H2,1-3H3,(H,21,23). The molecule has 0 fully saturated rings. The summed E-state index contributed by atoms with van der Waals surface area (Å²) in [6.45, 7) is 3.01. The lowest BCUT2D eigenvalue weighted by Crippen LogP contribution is -2.21. The minimum Gasteiger partial charge on any atom is -0.495 e. The molecule has 7 heteroatoms. The van der Waals surface area contributed by atoms with Crippen molar-refractivity contribution < 1.29 is 9.53 Å². The van der Waals surface area contributed by atoms with E-state index >= 15 is 0 Å². The average molecular weight is 349 g/mol. The van der Waals surface area contributed by atoms with Gasteiger partial charge in [0.05, 0.1) is 17.7 Å². The Balaban J connectivity index is 2.03. The number of anilines is 2. The number of carbonyl (C=O) groups is 1. The van der Waals surface area contributed by atoms with Crippen LogP contribution in [0.3, 0.4) is 0 Å². The molecule has 1 aromatic carbocycles. The molecule has 6 nitrogen and oxygen atoms in total. The molecule has 0 bridgehead atoms. The highest BCUT2D eigenvalue weighted by molar-refractivity contribution is 6.32. The number of carbonyl (C=O) groups excluding carboxylic acids is 1. The van der Waals surface area contributed by atoms with E-state index in [-0.39, 0.29) is 5.91 Å². The normalized spacial score (nSPS) is 10.3. The first kappa shape index (κ1) is 18.0. The van der Waals surface area contributed by atoms with E-state index in [4.69, 9.17) is 16.3 Å². The van der Waals surface area contributed by atoms with E-state index < -0.39 is 0 Å². The van der Waals surface area contributed by atoms with Gasteiger partial charge in [-0.05, 0) is 24.6 Å². The number of hydrogen-bond acceptors (Lipinski definition) is 5. The number of halogens is 1. The van der Waals surface area contributed by atoms with Crippen molar-refractivity contribution in [3.8, 4) is 5.75 Å². The quantitative estimate of drug-likeness (QED) is 0.827. The second-order valence-electron chi connectivity index (χ2n) is 5.35. The van der Waals surface area contributed by atoms with Crippen LogP contribution in [0.1, 0.15) is 30.1 Å². The van der Waals surface area contributed by atoms with Crippen molar-refractivity contribution in [3.63, 3.8) is 0 Å². The van der Waals surface area contributed by atoms with Crippen molar-refractivity contribution in [2.24, 2.45) is 0 Å². The number of benzene rings is 1. The molecule has 0 aliphatic heterocycles. The summed E-state index contributed by atoms with van der Waals surface area (Å²) in [5.74, 6) is 0.865. The highest BCUT2D eigenvalue weighted by Gasteiger charge is 2.10. The molecule has 0 aliphatic rings. The highest BCUT2D eigenvalue weighted by atomic mass is 35.5. The summed E-state index contributed by atoms with van der Waals surface area (Å²) >= 11 is 6.05. The van der Waals surface area contributed by atoms with E-state index in [2.05, 4.69) is 22.2 Å². The highest BCUT2D eigenvalue weighted by Crippen LogP contribution is 2.27. The topological polar surface area (TPSA) is 67.4 Å². The van der Waals surface area contributed by atoms with E-state index in [0.717, 1.165) is 19.4 Å². The molecular formula is C17H21ClN4O2. The molecule has 2 aromatic rings. The van der Waals surface area contributed by atoms with Gasteiger partial charge in [-0.3, -0.25) is 4.79 Å². The molecule has 24 heavy (non-hydrogen) atoms. The second-order valence-corrected chi connectivity index (χ2v) is 5.76. The van der Waals surface area contributed by atoms with Crippen LogP contribution in [0.2, 0.25) is 5.02 Å². The number of methoxy groups -OCH3 is 1. The van der Waals surface area contributed by atoms with Gasteiger partial charge in [0.1, 0.15) is 5.75 Å². The van der Waals surface area contributed by atoms with Gasteiger partial charge in [0.2, 0.25) is 5.95 Å². The Morgan fingerprint density at radius 2 is 2.04 bits per heavy atom. The fraction of sp³-hybridized carbons (Fsp3) is 0.353. The summed E-state index contributed by atoms with van der Waals surface area (Å²) in [5.41, 5.74) is 0.963. The molecule has 1 amide bonds. The zero-order valence-electron chi connectivity index (χ0n) is 14.0. The lowest BCUT2D eigenvalue weighted by atomic mass is 10.2. The van der Waals surface area contributed by atoms with Gasteiger partial charge < -0.3 is 15.0 Å². The molecule has 1 aromatic heterocycles. The molecule has 2 rings (SSSR count). The maximum Gasteiger partial charge on any atom is 0.258 e. The Bertz CT molecular complexity index is 691. The molecule has 1 heterocycles. The fourth-order valence-corrected chi connectivity index (χ4v) is 2.34. The zero-order valence-corrected chi connectivity index (χ0v) is 14.8. The lowest BCUT2D eigenvalue weighted by Gasteiger charge is -2.16. The fourth-order valence-electron chi connectivity index (χ4n) is 2.08. The lowest BCUT2D eigenvalue weighted by molar-refractivity contribution is 0.102. The minimum atomic E-state index is -0.293. The summed E-state index contributed by atoms with van der Waals surface area (Å²) in [6, 6.07) is 5.04. The van der Waals surface area contributed by atoms with E-state index in [0.29, 0.717) is 28.0 Å². The third-order valence-electron chi connectivity index (χ3n) is 3.50. The molecule has 0 unspecified atom stereocenters. The van der Waals surface area contributed by atoms with Gasteiger partial charge in [0, 0.05) is 31.7 Å². The summed E-state index contributed by atoms with van der Waals surface area (Å²) in [5, 5.41) is 3.19. The number of rotatable bonds is 7. The van der Waals surface area contributed by atoms with Crippen molar-refractivity contribution in [1.82, 2.24) is 9.97 Å². The van der Waals surface area contributed by atoms with Crippen LogP contribution in [0.5, 0.6) is 5.75 Å². The molecule has 0 atom stereocenters. The Labute approximate surface area is 146 Å². The maximum atomic E-state index is 12.3. The smallest absolute Gasteiger partial charge is 0.258 e. The van der Waals surface area contributed by atoms with Crippen molar-refractivity contribution in [3.05, 3.63) is 41.2 Å². The molecule has 0 aliphatic carbocycles. The molecule has 0 spiro atoms. The molecule has 0 saturated carbocycles. The van der Waals surface area contributed by atoms with Crippen molar-refractivity contribution in [2.45, 2.75) is 19.8 Å². The first-order chi connectivity index (χ1) is 11.5. The van der Waals surface area contributed by atoms with E-state index in [1.807, 2.05) is 11.9 Å². The van der Waals surface area contributed by atoms with E-state index in [1.54, 1.807) is 18.2 Å². The van der Waals surface area contributed by atoms with Crippen LogP contribution in [0.4, 0.5) is 11.6 Å². The van der Waals surface area contributed by atoms with Crippen LogP contribution in [0.25, 0.3) is 0 Å². The summed E-state index contributed by atoms with van der Waals surface area (Å²) in [6.07, 6.45) is 5.21. The first-order valence-corrected chi connectivity index (χ1v) is 8.11. The monoisotopic (exact) mass is 348 g/mol. The zero-order chi connectivity index (χ0) is 17.5. The largest absolute Gasteiger partial charge is 0.495 e.